The topological polar surface area (TPSA) is 60.8 Å². The van der Waals surface area contributed by atoms with E-state index in [-0.39, 0.29) is 11.7 Å². The second-order valence-electron chi connectivity index (χ2n) is 4.55. The molecule has 0 radical (unpaired) electrons. The first-order valence-corrected chi connectivity index (χ1v) is 5.85. The number of amides is 1. The molecule has 2 rings (SSSR count). The van der Waals surface area contributed by atoms with E-state index in [1.54, 1.807) is 24.0 Å². The molecule has 1 fully saturated rings. The summed E-state index contributed by atoms with van der Waals surface area (Å²) < 4.78 is 0. The van der Waals surface area contributed by atoms with E-state index in [2.05, 4.69) is 0 Å². The molecule has 1 saturated heterocycles. The predicted molar refractivity (Wildman–Crippen MR) is 64.0 cm³/mol. The van der Waals surface area contributed by atoms with Gasteiger partial charge in [-0.15, -0.1) is 0 Å². The third-order valence-electron chi connectivity index (χ3n) is 3.13. The first kappa shape index (κ1) is 11.9. The van der Waals surface area contributed by atoms with Crippen LogP contribution in [0.1, 0.15) is 28.8 Å². The van der Waals surface area contributed by atoms with Crippen LogP contribution in [0.15, 0.2) is 18.2 Å². The molecule has 1 aliphatic heterocycles. The Labute approximate surface area is 100 Å². The SMILES string of the molecule is Cc1cc(C(=O)N2CCC[C@H](O)C2)ccc1O. The number of likely N-dealkylation sites (tertiary alicyclic amines) is 1. The van der Waals surface area contributed by atoms with Gasteiger partial charge < -0.3 is 15.1 Å². The van der Waals surface area contributed by atoms with Crippen LogP contribution >= 0.6 is 0 Å². The number of phenolic OH excluding ortho intramolecular Hbond substituents is 1. The summed E-state index contributed by atoms with van der Waals surface area (Å²) in [4.78, 5) is 13.8. The van der Waals surface area contributed by atoms with Crippen LogP contribution in [0.25, 0.3) is 0 Å². The smallest absolute Gasteiger partial charge is 0.253 e. The zero-order valence-electron chi connectivity index (χ0n) is 9.89. The van der Waals surface area contributed by atoms with Gasteiger partial charge in [0.25, 0.3) is 5.91 Å². The minimum absolute atomic E-state index is 0.0770. The number of nitrogens with zero attached hydrogens (tertiary/aromatic N) is 1. The van der Waals surface area contributed by atoms with Gasteiger partial charge in [0.05, 0.1) is 6.10 Å². The number of hydrogen-bond donors (Lipinski definition) is 2. The summed E-state index contributed by atoms with van der Waals surface area (Å²) in [6.45, 7) is 2.85. The van der Waals surface area contributed by atoms with Crippen LogP contribution in [0.3, 0.4) is 0 Å². The lowest BCUT2D eigenvalue weighted by molar-refractivity contribution is 0.0473. The van der Waals surface area contributed by atoms with Crippen molar-refractivity contribution in [2.45, 2.75) is 25.9 Å². The van der Waals surface area contributed by atoms with E-state index in [0.29, 0.717) is 24.2 Å². The monoisotopic (exact) mass is 235 g/mol. The number of piperidine rings is 1. The van der Waals surface area contributed by atoms with Crippen molar-refractivity contribution in [2.75, 3.05) is 13.1 Å². The summed E-state index contributed by atoms with van der Waals surface area (Å²) in [6.07, 6.45) is 1.19. The van der Waals surface area contributed by atoms with Crippen molar-refractivity contribution in [2.24, 2.45) is 0 Å². The Balaban J connectivity index is 2.15. The number of aliphatic hydroxyl groups excluding tert-OH is 1. The molecule has 0 bridgehead atoms. The molecule has 17 heavy (non-hydrogen) atoms. The van der Waals surface area contributed by atoms with Crippen LogP contribution < -0.4 is 0 Å². The Morgan fingerprint density at radius 1 is 1.47 bits per heavy atom. The molecule has 4 nitrogen and oxygen atoms in total. The van der Waals surface area contributed by atoms with Gasteiger partial charge >= 0.3 is 0 Å². The number of phenols is 1. The fraction of sp³-hybridized carbons (Fsp3) is 0.462. The number of carbonyl (C=O) groups is 1. The maximum absolute atomic E-state index is 12.1. The first-order valence-electron chi connectivity index (χ1n) is 5.85. The van der Waals surface area contributed by atoms with E-state index in [1.807, 2.05) is 0 Å². The predicted octanol–water partition coefficient (Wildman–Crippen LogP) is 1.30. The second-order valence-corrected chi connectivity index (χ2v) is 4.55. The van der Waals surface area contributed by atoms with Gasteiger partial charge in [-0.05, 0) is 43.5 Å². The maximum atomic E-state index is 12.1. The van der Waals surface area contributed by atoms with Crippen molar-refractivity contribution in [3.05, 3.63) is 29.3 Å². The number of hydrogen-bond acceptors (Lipinski definition) is 3. The highest BCUT2D eigenvalue weighted by Gasteiger charge is 2.23. The molecule has 1 aromatic carbocycles. The Hall–Kier alpha value is -1.55. The summed E-state index contributed by atoms with van der Waals surface area (Å²) in [5, 5.41) is 19.0. The zero-order chi connectivity index (χ0) is 12.4. The Kier molecular flexibility index (Phi) is 3.33. The highest BCUT2D eigenvalue weighted by Crippen LogP contribution is 2.19. The lowest BCUT2D eigenvalue weighted by atomic mass is 10.1. The average molecular weight is 235 g/mol. The van der Waals surface area contributed by atoms with Gasteiger partial charge in [0.2, 0.25) is 0 Å². The first-order chi connectivity index (χ1) is 8.08. The van der Waals surface area contributed by atoms with Crippen LogP contribution in [0.2, 0.25) is 0 Å². The molecular formula is C13H17NO3. The van der Waals surface area contributed by atoms with Gasteiger partial charge in [0.1, 0.15) is 5.75 Å². The van der Waals surface area contributed by atoms with Crippen LogP contribution in [-0.2, 0) is 0 Å². The van der Waals surface area contributed by atoms with E-state index in [9.17, 15) is 15.0 Å². The summed E-state index contributed by atoms with van der Waals surface area (Å²) in [7, 11) is 0. The number of aromatic hydroxyl groups is 1. The molecule has 0 unspecified atom stereocenters. The number of aliphatic hydroxyl groups is 1. The lowest BCUT2D eigenvalue weighted by Gasteiger charge is -2.30. The minimum atomic E-state index is -0.411. The molecule has 0 aromatic heterocycles. The van der Waals surface area contributed by atoms with E-state index >= 15 is 0 Å². The molecule has 2 N–H and O–H groups in total. The van der Waals surface area contributed by atoms with Gasteiger partial charge in [-0.25, -0.2) is 0 Å². The molecule has 0 saturated carbocycles. The fourth-order valence-electron chi connectivity index (χ4n) is 2.11. The molecule has 0 spiro atoms. The third kappa shape index (κ3) is 2.58. The van der Waals surface area contributed by atoms with Crippen molar-refractivity contribution in [3.63, 3.8) is 0 Å². The van der Waals surface area contributed by atoms with E-state index in [1.165, 1.54) is 6.07 Å². The highest BCUT2D eigenvalue weighted by atomic mass is 16.3. The van der Waals surface area contributed by atoms with Gasteiger partial charge in [0.15, 0.2) is 0 Å². The maximum Gasteiger partial charge on any atom is 0.253 e. The largest absolute Gasteiger partial charge is 0.508 e. The third-order valence-corrected chi connectivity index (χ3v) is 3.13. The molecule has 4 heteroatoms. The summed E-state index contributed by atoms with van der Waals surface area (Å²) in [5.41, 5.74) is 1.25. The van der Waals surface area contributed by atoms with Crippen LogP contribution in [0.5, 0.6) is 5.75 Å². The standard InChI is InChI=1S/C13H17NO3/c1-9-7-10(4-5-12(9)16)13(17)14-6-2-3-11(15)8-14/h4-5,7,11,15-16H,2-3,6,8H2,1H3/t11-/m0/s1. The van der Waals surface area contributed by atoms with E-state index < -0.39 is 6.10 Å². The van der Waals surface area contributed by atoms with E-state index in [4.69, 9.17) is 0 Å². The average Bonchev–Trinajstić information content (AvgIpc) is 2.32. The quantitative estimate of drug-likeness (QED) is 0.771. The van der Waals surface area contributed by atoms with Gasteiger partial charge in [-0.2, -0.15) is 0 Å². The number of carbonyl (C=O) groups excluding carboxylic acids is 1. The Morgan fingerprint density at radius 2 is 2.24 bits per heavy atom. The Bertz CT molecular complexity index is 431. The number of benzene rings is 1. The molecular weight excluding hydrogens is 218 g/mol. The number of rotatable bonds is 1. The minimum Gasteiger partial charge on any atom is -0.508 e. The molecule has 1 amide bonds. The van der Waals surface area contributed by atoms with Crippen LogP contribution in [-0.4, -0.2) is 40.2 Å². The Morgan fingerprint density at radius 3 is 2.88 bits per heavy atom. The van der Waals surface area contributed by atoms with E-state index in [0.717, 1.165) is 12.8 Å². The summed E-state index contributed by atoms with van der Waals surface area (Å²) in [5.74, 6) is 0.118. The zero-order valence-corrected chi connectivity index (χ0v) is 9.89. The van der Waals surface area contributed by atoms with Gasteiger partial charge in [-0.3, -0.25) is 4.79 Å². The highest BCUT2D eigenvalue weighted by molar-refractivity contribution is 5.94. The molecule has 1 aromatic rings. The lowest BCUT2D eigenvalue weighted by Crippen LogP contribution is -2.42. The molecule has 1 aliphatic rings. The molecule has 1 heterocycles. The van der Waals surface area contributed by atoms with Crippen LogP contribution in [0.4, 0.5) is 0 Å². The number of aryl methyl sites for hydroxylation is 1. The van der Waals surface area contributed by atoms with Crippen molar-refractivity contribution < 1.29 is 15.0 Å². The molecule has 1 atom stereocenters. The van der Waals surface area contributed by atoms with Crippen molar-refractivity contribution in [1.82, 2.24) is 4.90 Å². The summed E-state index contributed by atoms with van der Waals surface area (Å²) >= 11 is 0. The number of β-amino-alcohol motifs (C(OH)–C–C–N with tert-alkyl or cyclic N) is 1. The second kappa shape index (κ2) is 4.75. The molecule has 0 aliphatic carbocycles. The van der Waals surface area contributed by atoms with Crippen molar-refractivity contribution in [3.8, 4) is 5.75 Å². The van der Waals surface area contributed by atoms with Crippen LogP contribution in [0, 0.1) is 6.92 Å². The van der Waals surface area contributed by atoms with Gasteiger partial charge in [-0.1, -0.05) is 0 Å². The molecule has 92 valence electrons. The van der Waals surface area contributed by atoms with Crippen molar-refractivity contribution in [1.29, 1.82) is 0 Å². The van der Waals surface area contributed by atoms with Crippen molar-refractivity contribution >= 4 is 5.91 Å². The summed E-state index contributed by atoms with van der Waals surface area (Å²) in [6, 6.07) is 4.83. The fourth-order valence-corrected chi connectivity index (χ4v) is 2.11. The normalized spacial score (nSPS) is 20.4. The van der Waals surface area contributed by atoms with Gasteiger partial charge in [0, 0.05) is 18.7 Å².